The Balaban J connectivity index is 2.23. The molecular weight excluding hydrogens is 254 g/mol. The summed E-state index contributed by atoms with van der Waals surface area (Å²) in [7, 11) is 0. The van der Waals surface area contributed by atoms with Crippen LogP contribution < -0.4 is 0 Å². The van der Waals surface area contributed by atoms with E-state index in [9.17, 15) is 0 Å². The Morgan fingerprint density at radius 3 is 2.71 bits per heavy atom. The van der Waals surface area contributed by atoms with E-state index in [4.69, 9.17) is 23.8 Å². The van der Waals surface area contributed by atoms with Crippen LogP contribution in [-0.4, -0.2) is 14.8 Å². The third-order valence-electron chi connectivity index (χ3n) is 2.56. The number of hydrogen-bond donors (Lipinski definition) is 1. The summed E-state index contributed by atoms with van der Waals surface area (Å²) in [5.41, 5.74) is 1.18. The van der Waals surface area contributed by atoms with Gasteiger partial charge >= 0.3 is 0 Å². The first-order valence-corrected chi connectivity index (χ1v) is 6.38. The van der Waals surface area contributed by atoms with Gasteiger partial charge in [0.1, 0.15) is 5.82 Å². The average Bonchev–Trinajstić information content (AvgIpc) is 2.65. The van der Waals surface area contributed by atoms with Gasteiger partial charge in [0.25, 0.3) is 0 Å². The van der Waals surface area contributed by atoms with Gasteiger partial charge in [-0.25, -0.2) is 0 Å². The predicted molar refractivity (Wildman–Crippen MR) is 72.0 cm³/mol. The van der Waals surface area contributed by atoms with Crippen LogP contribution in [0.3, 0.4) is 0 Å². The van der Waals surface area contributed by atoms with Crippen LogP contribution in [0.2, 0.25) is 5.02 Å². The van der Waals surface area contributed by atoms with E-state index in [0.29, 0.717) is 4.77 Å². The number of rotatable bonds is 4. The third-order valence-corrected chi connectivity index (χ3v) is 3.12. The van der Waals surface area contributed by atoms with Crippen LogP contribution in [0.4, 0.5) is 0 Å². The summed E-state index contributed by atoms with van der Waals surface area (Å²) < 4.78 is 2.74. The van der Waals surface area contributed by atoms with Gasteiger partial charge in [-0.1, -0.05) is 30.7 Å². The minimum Gasteiger partial charge on any atom is -0.304 e. The van der Waals surface area contributed by atoms with E-state index in [1.54, 1.807) is 0 Å². The Morgan fingerprint density at radius 2 is 2.06 bits per heavy atom. The number of nitrogens with zero attached hydrogens (tertiary/aromatic N) is 2. The fourth-order valence-electron chi connectivity index (χ4n) is 1.72. The van der Waals surface area contributed by atoms with Gasteiger partial charge in [-0.3, -0.25) is 5.10 Å². The molecule has 0 spiro atoms. The number of halogens is 1. The molecule has 0 amide bonds. The lowest BCUT2D eigenvalue weighted by atomic mass is 10.1. The zero-order valence-electron chi connectivity index (χ0n) is 9.61. The van der Waals surface area contributed by atoms with Gasteiger partial charge in [-0.2, -0.15) is 5.10 Å². The van der Waals surface area contributed by atoms with E-state index in [1.807, 2.05) is 28.8 Å². The van der Waals surface area contributed by atoms with Gasteiger partial charge in [-0.05, 0) is 36.3 Å². The standard InChI is InChI=1S/C12H14ClN3S/c1-2-7-16-11(14-15-12(16)17)8-9-3-5-10(13)6-4-9/h3-6H,2,7-8H2,1H3,(H,15,17). The second-order valence-corrected chi connectivity index (χ2v) is 4.72. The molecule has 0 aliphatic heterocycles. The molecule has 1 aromatic carbocycles. The van der Waals surface area contributed by atoms with Gasteiger partial charge in [0.05, 0.1) is 0 Å². The van der Waals surface area contributed by atoms with Gasteiger partial charge in [-0.15, -0.1) is 0 Å². The van der Waals surface area contributed by atoms with E-state index in [-0.39, 0.29) is 0 Å². The van der Waals surface area contributed by atoms with Gasteiger partial charge in [0.15, 0.2) is 4.77 Å². The molecule has 3 nitrogen and oxygen atoms in total. The molecular formula is C12H14ClN3S. The number of hydrogen-bond acceptors (Lipinski definition) is 2. The lowest BCUT2D eigenvalue weighted by molar-refractivity contribution is 0.639. The number of aromatic nitrogens is 3. The van der Waals surface area contributed by atoms with Crippen molar-refractivity contribution in [3.05, 3.63) is 45.4 Å². The number of nitrogens with one attached hydrogen (secondary N) is 1. The maximum Gasteiger partial charge on any atom is 0.195 e. The number of benzene rings is 1. The molecule has 0 bridgehead atoms. The predicted octanol–water partition coefficient (Wildman–Crippen LogP) is 3.59. The Labute approximate surface area is 110 Å². The van der Waals surface area contributed by atoms with Crippen molar-refractivity contribution >= 4 is 23.8 Å². The molecule has 1 heterocycles. The van der Waals surface area contributed by atoms with Gasteiger partial charge < -0.3 is 4.57 Å². The summed E-state index contributed by atoms with van der Waals surface area (Å²) in [6.07, 6.45) is 1.81. The monoisotopic (exact) mass is 267 g/mol. The van der Waals surface area contributed by atoms with Crippen LogP contribution in [-0.2, 0) is 13.0 Å². The summed E-state index contributed by atoms with van der Waals surface area (Å²) in [6, 6.07) is 7.80. The number of H-pyrrole nitrogens is 1. The first-order chi connectivity index (χ1) is 8.20. The van der Waals surface area contributed by atoms with Crippen LogP contribution in [0.25, 0.3) is 0 Å². The largest absolute Gasteiger partial charge is 0.304 e. The van der Waals surface area contributed by atoms with Crippen molar-refractivity contribution in [1.82, 2.24) is 14.8 Å². The maximum atomic E-state index is 5.86. The highest BCUT2D eigenvalue weighted by Crippen LogP contribution is 2.13. The van der Waals surface area contributed by atoms with Crippen LogP contribution in [0.15, 0.2) is 24.3 Å². The summed E-state index contributed by atoms with van der Waals surface area (Å²) >= 11 is 11.1. The molecule has 5 heteroatoms. The van der Waals surface area contributed by atoms with E-state index in [2.05, 4.69) is 17.1 Å². The maximum absolute atomic E-state index is 5.86. The Kier molecular flexibility index (Phi) is 3.97. The minimum atomic E-state index is 0.691. The van der Waals surface area contributed by atoms with Crippen molar-refractivity contribution < 1.29 is 0 Å². The first kappa shape index (κ1) is 12.3. The molecule has 0 radical (unpaired) electrons. The molecule has 1 N–H and O–H groups in total. The second kappa shape index (κ2) is 5.47. The van der Waals surface area contributed by atoms with Gasteiger partial charge in [0, 0.05) is 18.0 Å². The fraction of sp³-hybridized carbons (Fsp3) is 0.333. The van der Waals surface area contributed by atoms with Crippen molar-refractivity contribution in [3.63, 3.8) is 0 Å². The fourth-order valence-corrected chi connectivity index (χ4v) is 2.09. The molecule has 0 fully saturated rings. The van der Waals surface area contributed by atoms with Crippen molar-refractivity contribution in [2.75, 3.05) is 0 Å². The summed E-state index contributed by atoms with van der Waals surface area (Å²) in [5.74, 6) is 0.971. The molecule has 0 unspecified atom stereocenters. The van der Waals surface area contributed by atoms with Crippen molar-refractivity contribution in [1.29, 1.82) is 0 Å². The van der Waals surface area contributed by atoms with Crippen LogP contribution in [0.1, 0.15) is 24.7 Å². The molecule has 90 valence electrons. The van der Waals surface area contributed by atoms with Gasteiger partial charge in [0.2, 0.25) is 0 Å². The van der Waals surface area contributed by atoms with Crippen molar-refractivity contribution in [3.8, 4) is 0 Å². The van der Waals surface area contributed by atoms with Crippen molar-refractivity contribution in [2.24, 2.45) is 0 Å². The molecule has 1 aromatic heterocycles. The normalized spacial score (nSPS) is 10.7. The van der Waals surface area contributed by atoms with E-state index >= 15 is 0 Å². The first-order valence-electron chi connectivity index (χ1n) is 5.59. The van der Waals surface area contributed by atoms with Crippen molar-refractivity contribution in [2.45, 2.75) is 26.3 Å². The lowest BCUT2D eigenvalue weighted by Gasteiger charge is -2.05. The molecule has 0 aliphatic carbocycles. The lowest BCUT2D eigenvalue weighted by Crippen LogP contribution is -2.04. The smallest absolute Gasteiger partial charge is 0.195 e. The Bertz CT molecular complexity index is 542. The highest BCUT2D eigenvalue weighted by atomic mass is 35.5. The zero-order valence-corrected chi connectivity index (χ0v) is 11.2. The van der Waals surface area contributed by atoms with Crippen LogP contribution >= 0.6 is 23.8 Å². The molecule has 0 aliphatic rings. The molecule has 2 aromatic rings. The molecule has 17 heavy (non-hydrogen) atoms. The molecule has 0 saturated heterocycles. The highest BCUT2D eigenvalue weighted by molar-refractivity contribution is 7.71. The summed E-state index contributed by atoms with van der Waals surface area (Å²) in [4.78, 5) is 0. The van der Waals surface area contributed by atoms with E-state index < -0.39 is 0 Å². The Morgan fingerprint density at radius 1 is 1.35 bits per heavy atom. The van der Waals surface area contributed by atoms with E-state index in [1.165, 1.54) is 5.56 Å². The topological polar surface area (TPSA) is 33.6 Å². The Hall–Kier alpha value is -1.13. The summed E-state index contributed by atoms with van der Waals surface area (Å²) in [5, 5.41) is 7.86. The van der Waals surface area contributed by atoms with Crippen LogP contribution in [0.5, 0.6) is 0 Å². The zero-order chi connectivity index (χ0) is 12.3. The molecule has 2 rings (SSSR count). The second-order valence-electron chi connectivity index (χ2n) is 3.90. The molecule has 0 atom stereocenters. The summed E-state index contributed by atoms with van der Waals surface area (Å²) in [6.45, 7) is 3.03. The average molecular weight is 268 g/mol. The number of aromatic amines is 1. The molecule has 0 saturated carbocycles. The van der Waals surface area contributed by atoms with E-state index in [0.717, 1.165) is 30.2 Å². The highest BCUT2D eigenvalue weighted by Gasteiger charge is 2.06. The quantitative estimate of drug-likeness (QED) is 0.859. The van der Waals surface area contributed by atoms with Crippen LogP contribution in [0, 0.1) is 4.77 Å². The SMILES string of the molecule is CCCn1c(Cc2ccc(Cl)cc2)n[nH]c1=S. The third kappa shape index (κ3) is 2.96. The minimum absolute atomic E-state index is 0.691.